The van der Waals surface area contributed by atoms with Crippen LogP contribution in [0.15, 0.2) is 200 Å². The van der Waals surface area contributed by atoms with E-state index in [0.717, 1.165) is 91.5 Å². The SMILES string of the molecule is Clc1cc2nc(-c3cccc4ccccc34)[nH]c2cc1Cl.Nc1cc(Cl)c(Cl)cc1N.O=C(Cl)c1ccc(F)c(F)c1.O=C(c1ccc(F)c(F)c1)n1c(-c2cccc3ccccc23)nc2cc(Cl)c(Cl)cc21.O=Cc1cccc2ccccc12. The number of fused-ring (bicyclic) bond motifs is 5. The van der Waals surface area contributed by atoms with E-state index < -0.39 is 34.4 Å². The summed E-state index contributed by atoms with van der Waals surface area (Å²) in [6, 6.07) is 56.9. The molecule has 85 heavy (non-hydrogen) atoms. The molecule has 9 nitrogen and oxygen atoms in total. The molecular formula is C65H39Cl7F4N6O3. The molecule has 2 aromatic heterocycles. The van der Waals surface area contributed by atoms with Crippen molar-refractivity contribution in [3.63, 3.8) is 0 Å². The van der Waals surface area contributed by atoms with Crippen molar-refractivity contribution in [2.75, 3.05) is 11.5 Å². The van der Waals surface area contributed by atoms with Crippen LogP contribution in [-0.4, -0.2) is 37.0 Å². The summed E-state index contributed by atoms with van der Waals surface area (Å²) < 4.78 is 53.2. The highest BCUT2D eigenvalue weighted by molar-refractivity contribution is 6.67. The molecule has 5 N–H and O–H groups in total. The van der Waals surface area contributed by atoms with E-state index in [9.17, 15) is 31.9 Å². The summed E-state index contributed by atoms with van der Waals surface area (Å²) in [5.41, 5.74) is 16.8. The molecule has 0 fully saturated rings. The van der Waals surface area contributed by atoms with Crippen LogP contribution in [0.4, 0.5) is 28.9 Å². The standard InChI is InChI=1S/C24H12Cl2F2N2O.C17H10Cl2N2.C11H8O.C7H3ClF2O.C6H6Cl2N2/c25-17-11-21-22(12-18(17)26)30(24(31)14-8-9-19(27)20(28)10-14)23(29-21)16-7-3-5-13-4-1-2-6-15(13)16;18-13-8-15-16(9-14(13)19)21-17(20-15)12-7-3-5-10-4-1-2-6-11(10)12;12-8-10-6-3-5-9-4-1-2-7-11(9)10;8-7(11)4-1-2-5(9)6(10)3-4;7-3-1-5(9)6(10)2-4(3)8/h1-12H;1-9H,(H,20,21);1-8H;1-3H;1-2H,9-10H2. The van der Waals surface area contributed by atoms with Crippen molar-refractivity contribution in [2.24, 2.45) is 0 Å². The third-order valence-corrected chi connectivity index (χ3v) is 15.3. The van der Waals surface area contributed by atoms with Crippen molar-refractivity contribution >= 4 is 164 Å². The number of aromatic nitrogens is 4. The molecule has 0 unspecified atom stereocenters. The number of nitrogens with zero attached hydrogens (tertiary/aromatic N) is 3. The molecule has 11 aromatic carbocycles. The lowest BCUT2D eigenvalue weighted by Crippen LogP contribution is -2.14. The first-order valence-corrected chi connectivity index (χ1v) is 27.7. The first-order valence-electron chi connectivity index (χ1n) is 25.1. The molecule has 0 radical (unpaired) electrons. The number of aldehydes is 1. The monoisotopic (exact) mass is 1270 g/mol. The predicted molar refractivity (Wildman–Crippen MR) is 339 cm³/mol. The summed E-state index contributed by atoms with van der Waals surface area (Å²) in [6.45, 7) is 0. The summed E-state index contributed by atoms with van der Waals surface area (Å²) in [5, 5.41) is 7.97. The topological polar surface area (TPSA) is 150 Å². The Kier molecular flexibility index (Phi) is 19.4. The maximum absolute atomic E-state index is 13.9. The average Bonchev–Trinajstić information content (AvgIpc) is 2.19. The molecule has 0 spiro atoms. The number of anilines is 2. The predicted octanol–water partition coefficient (Wildman–Crippen LogP) is 20.0. The second-order valence-corrected chi connectivity index (χ2v) is 21.2. The summed E-state index contributed by atoms with van der Waals surface area (Å²) in [7, 11) is 0. The fourth-order valence-corrected chi connectivity index (χ4v) is 9.85. The van der Waals surface area contributed by atoms with Gasteiger partial charge in [0.1, 0.15) is 11.6 Å². The van der Waals surface area contributed by atoms with Crippen molar-refractivity contribution in [1.82, 2.24) is 19.5 Å². The molecule has 20 heteroatoms. The van der Waals surface area contributed by atoms with Crippen molar-refractivity contribution in [3.05, 3.63) is 270 Å². The number of rotatable bonds is 5. The average molecular weight is 1280 g/mol. The van der Waals surface area contributed by atoms with Crippen LogP contribution in [0.2, 0.25) is 30.1 Å². The fourth-order valence-electron chi connectivity index (χ4n) is 8.75. The van der Waals surface area contributed by atoms with Gasteiger partial charge in [-0.2, -0.15) is 0 Å². The number of nitrogens with two attached hydrogens (primary N) is 2. The minimum Gasteiger partial charge on any atom is -0.397 e. The van der Waals surface area contributed by atoms with E-state index >= 15 is 0 Å². The van der Waals surface area contributed by atoms with Crippen LogP contribution in [-0.2, 0) is 0 Å². The van der Waals surface area contributed by atoms with Gasteiger partial charge in [-0.25, -0.2) is 27.5 Å². The van der Waals surface area contributed by atoms with E-state index in [0.29, 0.717) is 58.9 Å². The van der Waals surface area contributed by atoms with Crippen LogP contribution in [0, 0.1) is 23.3 Å². The van der Waals surface area contributed by atoms with Crippen LogP contribution in [0.5, 0.6) is 0 Å². The molecule has 0 atom stereocenters. The Bertz CT molecular complexity index is 4610. The number of hydrogen-bond donors (Lipinski definition) is 3. The van der Waals surface area contributed by atoms with Gasteiger partial charge >= 0.3 is 0 Å². The number of carbonyl (C=O) groups is 3. The fraction of sp³-hybridized carbons (Fsp3) is 0. The number of benzene rings is 11. The van der Waals surface area contributed by atoms with E-state index in [4.69, 9.17) is 92.7 Å². The second kappa shape index (κ2) is 27.0. The summed E-state index contributed by atoms with van der Waals surface area (Å²) in [6.07, 6.45) is 0.891. The molecule has 0 saturated carbocycles. The van der Waals surface area contributed by atoms with E-state index in [1.165, 1.54) is 28.2 Å². The van der Waals surface area contributed by atoms with Gasteiger partial charge in [-0.1, -0.05) is 197 Å². The number of aromatic amines is 1. The van der Waals surface area contributed by atoms with Crippen LogP contribution in [0.3, 0.4) is 0 Å². The van der Waals surface area contributed by atoms with Crippen LogP contribution >= 0.6 is 81.2 Å². The van der Waals surface area contributed by atoms with E-state index in [1.807, 2.05) is 103 Å². The third kappa shape index (κ3) is 14.0. The summed E-state index contributed by atoms with van der Waals surface area (Å²) >= 11 is 40.7. The van der Waals surface area contributed by atoms with Gasteiger partial charge in [0, 0.05) is 27.8 Å². The minimum atomic E-state index is -1.11. The molecule has 0 aliphatic rings. The van der Waals surface area contributed by atoms with Gasteiger partial charge in [-0.05, 0) is 117 Å². The number of nitrogen functional groups attached to an aromatic ring is 2. The quantitative estimate of drug-likeness (QED) is 0.0672. The number of H-pyrrole nitrogens is 1. The highest BCUT2D eigenvalue weighted by Gasteiger charge is 2.23. The Morgan fingerprint density at radius 1 is 0.459 bits per heavy atom. The number of carbonyl (C=O) groups excluding carboxylic acids is 3. The maximum Gasteiger partial charge on any atom is 0.264 e. The molecule has 13 rings (SSSR count). The lowest BCUT2D eigenvalue weighted by Gasteiger charge is -2.11. The smallest absolute Gasteiger partial charge is 0.264 e. The Morgan fingerprint density at radius 3 is 1.47 bits per heavy atom. The Hall–Kier alpha value is -8.50. The zero-order valence-corrected chi connectivity index (χ0v) is 48.8. The zero-order valence-electron chi connectivity index (χ0n) is 43.5. The first-order chi connectivity index (χ1) is 40.8. The first kappa shape index (κ1) is 61.1. The number of hydrogen-bond acceptors (Lipinski definition) is 7. The maximum atomic E-state index is 13.9. The lowest BCUT2D eigenvalue weighted by molar-refractivity contribution is 0.0964. The van der Waals surface area contributed by atoms with Gasteiger partial charge in [0.2, 0.25) is 0 Å². The largest absolute Gasteiger partial charge is 0.397 e. The van der Waals surface area contributed by atoms with E-state index in [2.05, 4.69) is 39.2 Å². The molecule has 0 saturated heterocycles. The van der Waals surface area contributed by atoms with Crippen molar-refractivity contribution < 1.29 is 31.9 Å². The molecule has 2 heterocycles. The van der Waals surface area contributed by atoms with Gasteiger partial charge in [-0.3, -0.25) is 19.0 Å². The normalized spacial score (nSPS) is 10.8. The Labute approximate surface area is 516 Å². The molecular weight excluding hydrogens is 1240 g/mol. The number of nitrogens with one attached hydrogen (secondary N) is 1. The minimum absolute atomic E-state index is 0.0224. The third-order valence-electron chi connectivity index (χ3n) is 12.9. The van der Waals surface area contributed by atoms with Crippen LogP contribution in [0.25, 0.3) is 77.2 Å². The van der Waals surface area contributed by atoms with Gasteiger partial charge in [0.25, 0.3) is 11.1 Å². The molecule has 424 valence electrons. The molecule has 0 aliphatic heterocycles. The number of halogens is 11. The second-order valence-electron chi connectivity index (χ2n) is 18.4. The van der Waals surface area contributed by atoms with Crippen LogP contribution < -0.4 is 11.5 Å². The summed E-state index contributed by atoms with van der Waals surface area (Å²) in [5.74, 6) is -3.61. The number of imidazole rings is 2. The molecule has 0 bridgehead atoms. The lowest BCUT2D eigenvalue weighted by atomic mass is 10.0. The molecule has 13 aromatic rings. The van der Waals surface area contributed by atoms with Crippen molar-refractivity contribution in [1.29, 1.82) is 0 Å². The van der Waals surface area contributed by atoms with Crippen molar-refractivity contribution in [2.45, 2.75) is 0 Å². The zero-order chi connectivity index (χ0) is 60.6. The molecule has 0 amide bonds. The van der Waals surface area contributed by atoms with Gasteiger partial charge < -0.3 is 16.5 Å². The van der Waals surface area contributed by atoms with Gasteiger partial charge in [-0.15, -0.1) is 0 Å². The molecule has 0 aliphatic carbocycles. The van der Waals surface area contributed by atoms with E-state index in [1.54, 1.807) is 24.3 Å². The Morgan fingerprint density at radius 2 is 0.906 bits per heavy atom. The van der Waals surface area contributed by atoms with Gasteiger partial charge in [0.15, 0.2) is 29.6 Å². The van der Waals surface area contributed by atoms with Crippen LogP contribution in [0.1, 0.15) is 31.1 Å². The highest BCUT2D eigenvalue weighted by Crippen LogP contribution is 2.36. The van der Waals surface area contributed by atoms with Crippen molar-refractivity contribution in [3.8, 4) is 22.8 Å². The Balaban J connectivity index is 0.000000138. The van der Waals surface area contributed by atoms with E-state index in [-0.39, 0.29) is 16.1 Å². The summed E-state index contributed by atoms with van der Waals surface area (Å²) in [4.78, 5) is 47.1. The van der Waals surface area contributed by atoms with Gasteiger partial charge in [0.05, 0.1) is 63.6 Å². The highest BCUT2D eigenvalue weighted by atomic mass is 35.5.